The van der Waals surface area contributed by atoms with Gasteiger partial charge in [-0.05, 0) is 25.2 Å². The van der Waals surface area contributed by atoms with Crippen molar-refractivity contribution >= 4 is 12.0 Å². The summed E-state index contributed by atoms with van der Waals surface area (Å²) in [5.41, 5.74) is 1.02. The van der Waals surface area contributed by atoms with E-state index in [0.29, 0.717) is 5.75 Å². The third kappa shape index (κ3) is 3.10. The number of methoxy groups -OCH3 is 1. The molecule has 0 aliphatic carbocycles. The van der Waals surface area contributed by atoms with Crippen LogP contribution < -0.4 is 10.1 Å². The molecule has 0 atom stereocenters. The molecule has 0 bridgehead atoms. The molecule has 0 saturated heterocycles. The molecule has 0 amide bonds. The Labute approximate surface area is 94.6 Å². The minimum atomic E-state index is -0.939. The molecule has 0 fully saturated rings. The van der Waals surface area contributed by atoms with Gasteiger partial charge in [-0.1, -0.05) is 12.2 Å². The maximum Gasteiger partial charge on any atom is 0.335 e. The number of rotatable bonds is 5. The number of ether oxygens (including phenoxy) is 1. The molecule has 1 rings (SSSR count). The molecule has 1 aromatic rings. The summed E-state index contributed by atoms with van der Waals surface area (Å²) in [6.45, 7) is 0.723. The first-order valence-corrected chi connectivity index (χ1v) is 4.91. The molecule has 4 nitrogen and oxygen atoms in total. The Morgan fingerprint density at radius 2 is 2.31 bits per heavy atom. The Balaban J connectivity index is 3.02. The quantitative estimate of drug-likeness (QED) is 0.793. The zero-order chi connectivity index (χ0) is 12.0. The largest absolute Gasteiger partial charge is 0.496 e. The number of carboxylic acids is 1. The van der Waals surface area contributed by atoms with Gasteiger partial charge in [-0.2, -0.15) is 0 Å². The zero-order valence-electron chi connectivity index (χ0n) is 9.36. The molecule has 0 aliphatic heterocycles. The first-order chi connectivity index (χ1) is 7.69. The number of carboxylic acid groups (broad SMARTS) is 1. The summed E-state index contributed by atoms with van der Waals surface area (Å²) in [4.78, 5) is 10.8. The SMILES string of the molecule is CNCC=Cc1cc(C(=O)O)ccc1OC. The Kier molecular flexibility index (Phi) is 4.54. The normalized spacial score (nSPS) is 10.6. The van der Waals surface area contributed by atoms with Crippen LogP contribution in [0.5, 0.6) is 5.75 Å². The molecule has 0 heterocycles. The van der Waals surface area contributed by atoms with Crippen LogP contribution in [0.4, 0.5) is 0 Å². The molecule has 1 aromatic carbocycles. The number of aromatic carboxylic acids is 1. The van der Waals surface area contributed by atoms with Crippen LogP contribution in [0.1, 0.15) is 15.9 Å². The van der Waals surface area contributed by atoms with Gasteiger partial charge in [0.2, 0.25) is 0 Å². The number of nitrogens with one attached hydrogen (secondary N) is 1. The maximum absolute atomic E-state index is 10.8. The van der Waals surface area contributed by atoms with Crippen LogP contribution in [0.3, 0.4) is 0 Å². The Morgan fingerprint density at radius 1 is 1.56 bits per heavy atom. The fourth-order valence-corrected chi connectivity index (χ4v) is 1.30. The van der Waals surface area contributed by atoms with Crippen molar-refractivity contribution in [2.24, 2.45) is 0 Å². The second-order valence-electron chi connectivity index (χ2n) is 3.22. The van der Waals surface area contributed by atoms with Crippen molar-refractivity contribution in [3.63, 3.8) is 0 Å². The van der Waals surface area contributed by atoms with Crippen LogP contribution >= 0.6 is 0 Å². The van der Waals surface area contributed by atoms with Gasteiger partial charge in [0, 0.05) is 12.1 Å². The minimum absolute atomic E-state index is 0.255. The Hall–Kier alpha value is -1.81. The van der Waals surface area contributed by atoms with Crippen molar-refractivity contribution in [2.45, 2.75) is 0 Å². The molecule has 86 valence electrons. The molecule has 0 aliphatic rings. The Morgan fingerprint density at radius 3 is 2.88 bits per heavy atom. The van der Waals surface area contributed by atoms with Crippen molar-refractivity contribution in [3.8, 4) is 5.75 Å². The molecule has 0 saturated carbocycles. The highest BCUT2D eigenvalue weighted by Crippen LogP contribution is 2.21. The van der Waals surface area contributed by atoms with E-state index in [0.717, 1.165) is 12.1 Å². The van der Waals surface area contributed by atoms with Gasteiger partial charge in [0.05, 0.1) is 12.7 Å². The number of hydrogen-bond acceptors (Lipinski definition) is 3. The van der Waals surface area contributed by atoms with E-state index in [1.165, 1.54) is 6.07 Å². The summed E-state index contributed by atoms with van der Waals surface area (Å²) in [5, 5.41) is 11.8. The number of benzene rings is 1. The fourth-order valence-electron chi connectivity index (χ4n) is 1.30. The van der Waals surface area contributed by atoms with Crippen molar-refractivity contribution in [1.29, 1.82) is 0 Å². The van der Waals surface area contributed by atoms with Gasteiger partial charge in [0.1, 0.15) is 5.75 Å². The van der Waals surface area contributed by atoms with Crippen molar-refractivity contribution < 1.29 is 14.6 Å². The predicted octanol–water partition coefficient (Wildman–Crippen LogP) is 1.63. The molecule has 0 aromatic heterocycles. The molecule has 0 spiro atoms. The van der Waals surface area contributed by atoms with E-state index in [4.69, 9.17) is 9.84 Å². The topological polar surface area (TPSA) is 58.6 Å². The molecule has 2 N–H and O–H groups in total. The van der Waals surface area contributed by atoms with Crippen LogP contribution in [-0.4, -0.2) is 31.8 Å². The van der Waals surface area contributed by atoms with E-state index in [1.54, 1.807) is 19.2 Å². The van der Waals surface area contributed by atoms with Crippen LogP contribution in [0.2, 0.25) is 0 Å². The minimum Gasteiger partial charge on any atom is -0.496 e. The van der Waals surface area contributed by atoms with Gasteiger partial charge in [0.25, 0.3) is 0 Å². The van der Waals surface area contributed by atoms with E-state index >= 15 is 0 Å². The van der Waals surface area contributed by atoms with E-state index < -0.39 is 5.97 Å². The highest BCUT2D eigenvalue weighted by Gasteiger charge is 2.06. The lowest BCUT2D eigenvalue weighted by molar-refractivity contribution is 0.0697. The van der Waals surface area contributed by atoms with E-state index in [-0.39, 0.29) is 5.56 Å². The third-order valence-electron chi connectivity index (χ3n) is 2.10. The lowest BCUT2D eigenvalue weighted by Gasteiger charge is -2.05. The number of carbonyl (C=O) groups is 1. The lowest BCUT2D eigenvalue weighted by atomic mass is 10.1. The number of likely N-dealkylation sites (N-methyl/N-ethyl adjacent to an activating group) is 1. The first kappa shape index (κ1) is 12.3. The van der Waals surface area contributed by atoms with Gasteiger partial charge in [-0.25, -0.2) is 4.79 Å². The smallest absolute Gasteiger partial charge is 0.335 e. The monoisotopic (exact) mass is 221 g/mol. The van der Waals surface area contributed by atoms with E-state index in [9.17, 15) is 4.79 Å². The van der Waals surface area contributed by atoms with Crippen LogP contribution in [0, 0.1) is 0 Å². The predicted molar refractivity (Wildman–Crippen MR) is 62.9 cm³/mol. The van der Waals surface area contributed by atoms with Crippen LogP contribution in [0.15, 0.2) is 24.3 Å². The van der Waals surface area contributed by atoms with Crippen LogP contribution in [-0.2, 0) is 0 Å². The second-order valence-corrected chi connectivity index (χ2v) is 3.22. The van der Waals surface area contributed by atoms with Crippen molar-refractivity contribution in [2.75, 3.05) is 20.7 Å². The molecular weight excluding hydrogens is 206 g/mol. The summed E-state index contributed by atoms with van der Waals surface area (Å²) in [6.07, 6.45) is 3.74. The molecule has 0 radical (unpaired) electrons. The Bertz CT molecular complexity index is 399. The number of hydrogen-bond donors (Lipinski definition) is 2. The molecular formula is C12H15NO3. The average Bonchev–Trinajstić information content (AvgIpc) is 2.29. The first-order valence-electron chi connectivity index (χ1n) is 4.91. The molecule has 0 unspecified atom stereocenters. The summed E-state index contributed by atoms with van der Waals surface area (Å²) < 4.78 is 5.15. The summed E-state index contributed by atoms with van der Waals surface area (Å²) in [5.74, 6) is -0.275. The van der Waals surface area contributed by atoms with Gasteiger partial charge >= 0.3 is 5.97 Å². The zero-order valence-corrected chi connectivity index (χ0v) is 9.36. The average molecular weight is 221 g/mol. The molecule has 4 heteroatoms. The fraction of sp³-hybridized carbons (Fsp3) is 0.250. The summed E-state index contributed by atoms with van der Waals surface area (Å²) in [7, 11) is 3.40. The van der Waals surface area contributed by atoms with Gasteiger partial charge in [0.15, 0.2) is 0 Å². The van der Waals surface area contributed by atoms with Crippen molar-refractivity contribution in [1.82, 2.24) is 5.32 Å². The van der Waals surface area contributed by atoms with Gasteiger partial charge in [-0.3, -0.25) is 0 Å². The highest BCUT2D eigenvalue weighted by molar-refractivity contribution is 5.88. The lowest BCUT2D eigenvalue weighted by Crippen LogP contribution is -2.04. The van der Waals surface area contributed by atoms with E-state index in [2.05, 4.69) is 5.32 Å². The van der Waals surface area contributed by atoms with Crippen LogP contribution in [0.25, 0.3) is 6.08 Å². The van der Waals surface area contributed by atoms with Gasteiger partial charge < -0.3 is 15.2 Å². The highest BCUT2D eigenvalue weighted by atomic mass is 16.5. The standard InChI is InChI=1S/C12H15NO3/c1-13-7-3-4-9-8-10(12(14)15)5-6-11(9)16-2/h3-6,8,13H,7H2,1-2H3,(H,14,15). The molecule has 16 heavy (non-hydrogen) atoms. The summed E-state index contributed by atoms with van der Waals surface area (Å²) in [6, 6.07) is 4.77. The van der Waals surface area contributed by atoms with E-state index in [1.807, 2.05) is 19.2 Å². The van der Waals surface area contributed by atoms with Crippen molar-refractivity contribution in [3.05, 3.63) is 35.4 Å². The third-order valence-corrected chi connectivity index (χ3v) is 2.10. The second kappa shape index (κ2) is 5.92. The van der Waals surface area contributed by atoms with Gasteiger partial charge in [-0.15, -0.1) is 0 Å². The summed E-state index contributed by atoms with van der Waals surface area (Å²) >= 11 is 0. The maximum atomic E-state index is 10.8.